The molecular formula is C9H16N2O2. The lowest BCUT2D eigenvalue weighted by Crippen LogP contribution is -2.33. The molecular weight excluding hydrogens is 168 g/mol. The number of amides is 1. The van der Waals surface area contributed by atoms with Crippen LogP contribution in [0.5, 0.6) is 0 Å². The van der Waals surface area contributed by atoms with Gasteiger partial charge in [-0.1, -0.05) is 0 Å². The molecule has 0 aromatic carbocycles. The number of hydrogen-bond donors (Lipinski definition) is 0. The molecule has 74 valence electrons. The van der Waals surface area contributed by atoms with E-state index in [9.17, 15) is 4.79 Å². The molecule has 13 heavy (non-hydrogen) atoms. The Hall–Kier alpha value is -1.24. The number of nitriles is 1. The maximum atomic E-state index is 11.3. The number of carbonyl (C=O) groups excluding carboxylic acids is 1. The molecule has 0 aliphatic carbocycles. The Bertz CT molecular complexity index is 194. The van der Waals surface area contributed by atoms with E-state index >= 15 is 0 Å². The highest BCUT2D eigenvalue weighted by atomic mass is 16.6. The van der Waals surface area contributed by atoms with Gasteiger partial charge in [-0.2, -0.15) is 5.26 Å². The Morgan fingerprint density at radius 1 is 1.54 bits per heavy atom. The Morgan fingerprint density at radius 2 is 2.08 bits per heavy atom. The van der Waals surface area contributed by atoms with Gasteiger partial charge >= 0.3 is 6.09 Å². The first-order valence-corrected chi connectivity index (χ1v) is 4.48. The van der Waals surface area contributed by atoms with Crippen LogP contribution in [0.3, 0.4) is 0 Å². The molecule has 0 aliphatic heterocycles. The van der Waals surface area contributed by atoms with E-state index < -0.39 is 0 Å². The molecule has 0 aliphatic rings. The second kappa shape index (κ2) is 6.30. The Kier molecular flexibility index (Phi) is 5.69. The minimum absolute atomic E-state index is 0.243. The van der Waals surface area contributed by atoms with Crippen molar-refractivity contribution < 1.29 is 9.53 Å². The van der Waals surface area contributed by atoms with Gasteiger partial charge in [-0.15, -0.1) is 0 Å². The predicted octanol–water partition coefficient (Wildman–Crippen LogP) is 1.77. The first-order chi connectivity index (χ1) is 6.15. The average molecular weight is 184 g/mol. The van der Waals surface area contributed by atoms with Crippen LogP contribution < -0.4 is 0 Å². The van der Waals surface area contributed by atoms with Gasteiger partial charge in [-0.3, -0.25) is 0 Å². The van der Waals surface area contributed by atoms with Gasteiger partial charge in [0.05, 0.1) is 12.5 Å². The van der Waals surface area contributed by atoms with Crippen LogP contribution in [-0.2, 0) is 4.74 Å². The molecule has 0 heterocycles. The van der Waals surface area contributed by atoms with E-state index in [0.717, 1.165) is 0 Å². The Balaban J connectivity index is 3.91. The summed E-state index contributed by atoms with van der Waals surface area (Å²) >= 11 is 0. The zero-order chi connectivity index (χ0) is 10.3. The molecule has 1 atom stereocenters. The van der Waals surface area contributed by atoms with E-state index in [1.54, 1.807) is 11.8 Å². The maximum Gasteiger partial charge on any atom is 0.410 e. The van der Waals surface area contributed by atoms with Gasteiger partial charge in [-0.25, -0.2) is 4.79 Å². The summed E-state index contributed by atoms with van der Waals surface area (Å²) in [4.78, 5) is 12.9. The van der Waals surface area contributed by atoms with E-state index in [0.29, 0.717) is 13.1 Å². The standard InChI is InChI=1S/C9H16N2O2/c1-4-11(5-2)9(12)13-8(3)6-7-10/h8H,4-6H2,1-3H3/t8-/m1/s1. The van der Waals surface area contributed by atoms with Crippen molar-refractivity contribution in [2.75, 3.05) is 13.1 Å². The summed E-state index contributed by atoms with van der Waals surface area (Å²) < 4.78 is 5.00. The van der Waals surface area contributed by atoms with Crippen LogP contribution in [0.4, 0.5) is 4.79 Å². The van der Waals surface area contributed by atoms with Crippen molar-refractivity contribution in [1.29, 1.82) is 5.26 Å². The van der Waals surface area contributed by atoms with Crippen LogP contribution in [0, 0.1) is 11.3 Å². The first-order valence-electron chi connectivity index (χ1n) is 4.48. The molecule has 0 saturated heterocycles. The second-order valence-corrected chi connectivity index (χ2v) is 2.73. The van der Waals surface area contributed by atoms with E-state index in [1.807, 2.05) is 19.9 Å². The van der Waals surface area contributed by atoms with Crippen LogP contribution in [0.2, 0.25) is 0 Å². The molecule has 4 heteroatoms. The predicted molar refractivity (Wildman–Crippen MR) is 49.1 cm³/mol. The molecule has 0 aromatic rings. The highest BCUT2D eigenvalue weighted by molar-refractivity contribution is 5.67. The summed E-state index contributed by atoms with van der Waals surface area (Å²) in [5.74, 6) is 0. The fourth-order valence-corrected chi connectivity index (χ4v) is 0.899. The zero-order valence-corrected chi connectivity index (χ0v) is 8.41. The summed E-state index contributed by atoms with van der Waals surface area (Å²) in [6.45, 7) is 6.76. The van der Waals surface area contributed by atoms with Crippen molar-refractivity contribution in [3.63, 3.8) is 0 Å². The number of ether oxygens (including phenoxy) is 1. The van der Waals surface area contributed by atoms with Gasteiger partial charge in [0.1, 0.15) is 6.10 Å². The minimum Gasteiger partial charge on any atom is -0.445 e. The normalized spacial score (nSPS) is 11.5. The van der Waals surface area contributed by atoms with Crippen LogP contribution >= 0.6 is 0 Å². The third-order valence-electron chi connectivity index (χ3n) is 1.70. The Morgan fingerprint density at radius 3 is 2.46 bits per heavy atom. The number of carbonyl (C=O) groups is 1. The summed E-state index contributed by atoms with van der Waals surface area (Å²) in [6, 6.07) is 1.95. The molecule has 1 amide bonds. The lowest BCUT2D eigenvalue weighted by Gasteiger charge is -2.20. The first kappa shape index (κ1) is 11.8. The summed E-state index contributed by atoms with van der Waals surface area (Å²) in [6.07, 6.45) is -0.418. The molecule has 0 spiro atoms. The summed E-state index contributed by atoms with van der Waals surface area (Å²) in [5.41, 5.74) is 0. The quantitative estimate of drug-likeness (QED) is 0.669. The van der Waals surface area contributed by atoms with Gasteiger partial charge in [0.25, 0.3) is 0 Å². The number of nitrogens with zero attached hydrogens (tertiary/aromatic N) is 2. The minimum atomic E-state index is -0.340. The highest BCUT2D eigenvalue weighted by Crippen LogP contribution is 2.01. The highest BCUT2D eigenvalue weighted by Gasteiger charge is 2.13. The van der Waals surface area contributed by atoms with Crippen LogP contribution in [0.25, 0.3) is 0 Å². The molecule has 4 nitrogen and oxygen atoms in total. The molecule has 0 aromatic heterocycles. The summed E-state index contributed by atoms with van der Waals surface area (Å²) in [7, 11) is 0. The van der Waals surface area contributed by atoms with Crippen molar-refractivity contribution >= 4 is 6.09 Å². The van der Waals surface area contributed by atoms with Gasteiger partial charge in [0.2, 0.25) is 0 Å². The maximum absolute atomic E-state index is 11.3. The Labute approximate surface area is 79.1 Å². The smallest absolute Gasteiger partial charge is 0.410 e. The zero-order valence-electron chi connectivity index (χ0n) is 8.41. The summed E-state index contributed by atoms with van der Waals surface area (Å²) in [5, 5.41) is 8.35. The van der Waals surface area contributed by atoms with Crippen molar-refractivity contribution in [3.8, 4) is 6.07 Å². The molecule has 0 radical (unpaired) electrons. The topological polar surface area (TPSA) is 53.3 Å². The molecule has 0 rings (SSSR count). The van der Waals surface area contributed by atoms with E-state index in [2.05, 4.69) is 0 Å². The molecule has 0 bridgehead atoms. The van der Waals surface area contributed by atoms with Crippen LogP contribution in [0.1, 0.15) is 27.2 Å². The lowest BCUT2D eigenvalue weighted by atomic mass is 10.3. The molecule has 0 fully saturated rings. The fourth-order valence-electron chi connectivity index (χ4n) is 0.899. The van der Waals surface area contributed by atoms with Crippen molar-refractivity contribution in [2.45, 2.75) is 33.3 Å². The lowest BCUT2D eigenvalue weighted by molar-refractivity contribution is 0.0746. The second-order valence-electron chi connectivity index (χ2n) is 2.73. The molecule has 0 unspecified atom stereocenters. The van der Waals surface area contributed by atoms with E-state index in [4.69, 9.17) is 10.00 Å². The monoisotopic (exact) mass is 184 g/mol. The number of rotatable bonds is 4. The van der Waals surface area contributed by atoms with E-state index in [1.165, 1.54) is 0 Å². The van der Waals surface area contributed by atoms with Gasteiger partial charge in [0, 0.05) is 13.1 Å². The van der Waals surface area contributed by atoms with E-state index in [-0.39, 0.29) is 18.6 Å². The average Bonchev–Trinajstić information content (AvgIpc) is 2.06. The van der Waals surface area contributed by atoms with Gasteiger partial charge in [0.15, 0.2) is 0 Å². The fraction of sp³-hybridized carbons (Fsp3) is 0.778. The largest absolute Gasteiger partial charge is 0.445 e. The van der Waals surface area contributed by atoms with Gasteiger partial charge in [-0.05, 0) is 20.8 Å². The van der Waals surface area contributed by atoms with Crippen LogP contribution in [-0.4, -0.2) is 30.2 Å². The van der Waals surface area contributed by atoms with Crippen molar-refractivity contribution in [3.05, 3.63) is 0 Å². The third-order valence-corrected chi connectivity index (χ3v) is 1.70. The van der Waals surface area contributed by atoms with Crippen LogP contribution in [0.15, 0.2) is 0 Å². The number of hydrogen-bond acceptors (Lipinski definition) is 3. The van der Waals surface area contributed by atoms with Crippen molar-refractivity contribution in [1.82, 2.24) is 4.90 Å². The third kappa shape index (κ3) is 4.36. The molecule has 0 N–H and O–H groups in total. The van der Waals surface area contributed by atoms with Gasteiger partial charge < -0.3 is 9.64 Å². The van der Waals surface area contributed by atoms with Crippen molar-refractivity contribution in [2.24, 2.45) is 0 Å². The molecule has 0 saturated carbocycles. The SMILES string of the molecule is CCN(CC)C(=O)O[C@H](C)CC#N.